The minimum absolute atomic E-state index is 0.243. The number of halogens is 1. The molecular weight excluding hydrogens is 397 g/mol. The molecule has 0 spiro atoms. The zero-order valence-corrected chi connectivity index (χ0v) is 17.0. The fourth-order valence-corrected chi connectivity index (χ4v) is 3.02. The van der Waals surface area contributed by atoms with Gasteiger partial charge in [0.05, 0.1) is 11.3 Å². The summed E-state index contributed by atoms with van der Waals surface area (Å²) < 4.78 is 20.5. The number of carbonyl (C=O) groups is 1. The van der Waals surface area contributed by atoms with Crippen LogP contribution >= 0.6 is 0 Å². The summed E-state index contributed by atoms with van der Waals surface area (Å²) in [5.41, 5.74) is 3.12. The minimum Gasteiger partial charge on any atom is -0.439 e. The van der Waals surface area contributed by atoms with Crippen molar-refractivity contribution in [2.24, 2.45) is 0 Å². The fraction of sp³-hybridized carbons (Fsp3) is 0.130. The summed E-state index contributed by atoms with van der Waals surface area (Å²) in [5, 5.41) is 7.22. The number of amides is 1. The number of hydrogen-bond donors (Lipinski definition) is 1. The zero-order valence-electron chi connectivity index (χ0n) is 17.0. The molecule has 0 unspecified atom stereocenters. The van der Waals surface area contributed by atoms with Crippen molar-refractivity contribution in [1.82, 2.24) is 25.1 Å². The molecule has 4 aromatic rings. The number of aromatic nitrogens is 4. The smallest absolute Gasteiger partial charge is 0.253 e. The van der Waals surface area contributed by atoms with Gasteiger partial charge in [0.1, 0.15) is 11.6 Å². The lowest BCUT2D eigenvalue weighted by atomic mass is 10.2. The van der Waals surface area contributed by atoms with E-state index in [2.05, 4.69) is 20.4 Å². The lowest BCUT2D eigenvalue weighted by Gasteiger charge is -2.08. The second kappa shape index (κ2) is 8.74. The number of hydrogen-bond acceptors (Lipinski definition) is 5. The number of carbonyl (C=O) groups excluding carboxylic acids is 1. The molecule has 4 rings (SSSR count). The summed E-state index contributed by atoms with van der Waals surface area (Å²) in [7, 11) is 0. The number of pyridine rings is 2. The van der Waals surface area contributed by atoms with Crippen LogP contribution in [-0.2, 0) is 6.54 Å². The fourth-order valence-electron chi connectivity index (χ4n) is 3.02. The Kier molecular flexibility index (Phi) is 5.70. The topological polar surface area (TPSA) is 81.9 Å². The van der Waals surface area contributed by atoms with Crippen molar-refractivity contribution in [1.29, 1.82) is 0 Å². The highest BCUT2D eigenvalue weighted by Crippen LogP contribution is 2.20. The molecule has 156 valence electrons. The summed E-state index contributed by atoms with van der Waals surface area (Å²) in [6, 6.07) is 14.7. The average molecular weight is 417 g/mol. The van der Waals surface area contributed by atoms with Gasteiger partial charge in [0.2, 0.25) is 5.88 Å². The van der Waals surface area contributed by atoms with Gasteiger partial charge in [-0.05, 0) is 49.7 Å². The summed E-state index contributed by atoms with van der Waals surface area (Å²) in [4.78, 5) is 21.0. The first-order chi connectivity index (χ1) is 15.0. The van der Waals surface area contributed by atoms with Crippen molar-refractivity contribution in [3.63, 3.8) is 0 Å². The van der Waals surface area contributed by atoms with Crippen molar-refractivity contribution in [3.05, 3.63) is 95.3 Å². The molecule has 0 saturated carbocycles. The van der Waals surface area contributed by atoms with Gasteiger partial charge >= 0.3 is 0 Å². The molecule has 0 fully saturated rings. The number of ether oxygens (including phenoxy) is 1. The molecule has 0 aliphatic rings. The van der Waals surface area contributed by atoms with Gasteiger partial charge in [-0.15, -0.1) is 0 Å². The van der Waals surface area contributed by atoms with Crippen molar-refractivity contribution in [3.8, 4) is 17.4 Å². The molecule has 1 N–H and O–H groups in total. The van der Waals surface area contributed by atoms with Gasteiger partial charge in [-0.3, -0.25) is 4.79 Å². The van der Waals surface area contributed by atoms with E-state index in [1.807, 2.05) is 19.9 Å². The Hall–Kier alpha value is -4.07. The van der Waals surface area contributed by atoms with Crippen molar-refractivity contribution in [2.45, 2.75) is 20.4 Å². The van der Waals surface area contributed by atoms with E-state index in [9.17, 15) is 9.18 Å². The SMILES string of the molecule is Cc1cc(C)n(-c2ccc(C(=O)NCc3ccc(Oc4cccc(F)c4)nc3)cn2)n1. The molecule has 3 aromatic heterocycles. The number of rotatable bonds is 6. The second-order valence-electron chi connectivity index (χ2n) is 6.99. The zero-order chi connectivity index (χ0) is 21.8. The van der Waals surface area contributed by atoms with Gasteiger partial charge in [-0.25, -0.2) is 19.0 Å². The monoisotopic (exact) mass is 417 g/mol. The molecule has 0 atom stereocenters. The highest BCUT2D eigenvalue weighted by atomic mass is 19.1. The van der Waals surface area contributed by atoms with Crippen LogP contribution in [0.1, 0.15) is 27.3 Å². The Bertz CT molecular complexity index is 1200. The molecule has 0 saturated heterocycles. The van der Waals surface area contributed by atoms with Crippen LogP contribution in [-0.4, -0.2) is 25.7 Å². The van der Waals surface area contributed by atoms with Crippen LogP contribution in [0.15, 0.2) is 67.0 Å². The molecule has 0 aliphatic carbocycles. The molecule has 3 heterocycles. The third kappa shape index (κ3) is 4.92. The molecule has 8 heteroatoms. The number of aryl methyl sites for hydroxylation is 2. The molecule has 0 radical (unpaired) electrons. The van der Waals surface area contributed by atoms with Gasteiger partial charge in [-0.1, -0.05) is 12.1 Å². The summed E-state index contributed by atoms with van der Waals surface area (Å²) >= 11 is 0. The van der Waals surface area contributed by atoms with Crippen molar-refractivity contribution >= 4 is 5.91 Å². The van der Waals surface area contributed by atoms with E-state index >= 15 is 0 Å². The van der Waals surface area contributed by atoms with E-state index in [0.717, 1.165) is 17.0 Å². The highest BCUT2D eigenvalue weighted by molar-refractivity contribution is 5.93. The van der Waals surface area contributed by atoms with E-state index in [-0.39, 0.29) is 11.7 Å². The van der Waals surface area contributed by atoms with Crippen LogP contribution in [0.25, 0.3) is 5.82 Å². The number of nitrogens with zero attached hydrogens (tertiary/aromatic N) is 4. The number of benzene rings is 1. The third-order valence-corrected chi connectivity index (χ3v) is 4.51. The van der Waals surface area contributed by atoms with E-state index in [1.165, 1.54) is 18.3 Å². The van der Waals surface area contributed by atoms with Gasteiger partial charge in [0.25, 0.3) is 5.91 Å². The maximum absolute atomic E-state index is 13.2. The van der Waals surface area contributed by atoms with Crippen LogP contribution < -0.4 is 10.1 Å². The average Bonchev–Trinajstić information content (AvgIpc) is 3.11. The second-order valence-corrected chi connectivity index (χ2v) is 6.99. The van der Waals surface area contributed by atoms with Crippen LogP contribution in [0.2, 0.25) is 0 Å². The largest absolute Gasteiger partial charge is 0.439 e. The van der Waals surface area contributed by atoms with Crippen molar-refractivity contribution < 1.29 is 13.9 Å². The van der Waals surface area contributed by atoms with Gasteiger partial charge in [-0.2, -0.15) is 5.10 Å². The molecule has 1 amide bonds. The standard InChI is InChI=1S/C23H20FN5O2/c1-15-10-16(2)29(28-15)21-8-7-18(14-25-21)23(30)27-13-17-6-9-22(26-12-17)31-20-5-3-4-19(24)11-20/h3-12,14H,13H2,1-2H3,(H,27,30). The lowest BCUT2D eigenvalue weighted by molar-refractivity contribution is 0.0950. The van der Waals surface area contributed by atoms with Crippen LogP contribution in [0.3, 0.4) is 0 Å². The summed E-state index contributed by atoms with van der Waals surface area (Å²) in [6.07, 6.45) is 3.12. The first-order valence-corrected chi connectivity index (χ1v) is 9.64. The van der Waals surface area contributed by atoms with Gasteiger partial charge in [0.15, 0.2) is 5.82 Å². The molecular formula is C23H20FN5O2. The Labute approximate surface area is 178 Å². The Balaban J connectivity index is 1.34. The summed E-state index contributed by atoms with van der Waals surface area (Å²) in [5.74, 6) is 0.733. The quantitative estimate of drug-likeness (QED) is 0.510. The van der Waals surface area contributed by atoms with Crippen LogP contribution in [0.4, 0.5) is 4.39 Å². The molecule has 31 heavy (non-hydrogen) atoms. The van der Waals surface area contributed by atoms with Crippen molar-refractivity contribution in [2.75, 3.05) is 0 Å². The Morgan fingerprint density at radius 2 is 1.94 bits per heavy atom. The predicted octanol–water partition coefficient (Wildman–Crippen LogP) is 4.14. The molecule has 0 bridgehead atoms. The first-order valence-electron chi connectivity index (χ1n) is 9.64. The summed E-state index contributed by atoms with van der Waals surface area (Å²) in [6.45, 7) is 4.16. The third-order valence-electron chi connectivity index (χ3n) is 4.51. The van der Waals surface area contributed by atoms with E-state index < -0.39 is 0 Å². The van der Waals surface area contributed by atoms with Crippen LogP contribution in [0.5, 0.6) is 11.6 Å². The Morgan fingerprint density at radius 3 is 2.58 bits per heavy atom. The normalized spacial score (nSPS) is 10.7. The van der Waals surface area contributed by atoms with E-state index in [4.69, 9.17) is 4.74 Å². The Morgan fingerprint density at radius 1 is 1.06 bits per heavy atom. The molecule has 1 aromatic carbocycles. The first kappa shape index (κ1) is 20.2. The maximum Gasteiger partial charge on any atom is 0.253 e. The number of nitrogens with one attached hydrogen (secondary N) is 1. The van der Waals surface area contributed by atoms with E-state index in [1.54, 1.807) is 47.3 Å². The lowest BCUT2D eigenvalue weighted by Crippen LogP contribution is -2.23. The predicted molar refractivity (Wildman–Crippen MR) is 113 cm³/mol. The minimum atomic E-state index is -0.380. The molecule has 7 nitrogen and oxygen atoms in total. The van der Waals surface area contributed by atoms with E-state index in [0.29, 0.717) is 29.6 Å². The molecule has 0 aliphatic heterocycles. The van der Waals surface area contributed by atoms with Crippen LogP contribution in [0, 0.1) is 19.7 Å². The van der Waals surface area contributed by atoms with Gasteiger partial charge in [0, 0.05) is 36.8 Å². The highest BCUT2D eigenvalue weighted by Gasteiger charge is 2.09. The van der Waals surface area contributed by atoms with Gasteiger partial charge < -0.3 is 10.1 Å². The maximum atomic E-state index is 13.2.